The number of aryl methyl sites for hydroxylation is 1. The molecule has 2 aromatic carbocycles. The Balaban J connectivity index is 2.05. The lowest BCUT2D eigenvalue weighted by atomic mass is 10.1. The Kier molecular flexibility index (Phi) is 4.94. The second-order valence-electron chi connectivity index (χ2n) is 5.20. The van der Waals surface area contributed by atoms with E-state index in [0.29, 0.717) is 6.54 Å². The summed E-state index contributed by atoms with van der Waals surface area (Å²) >= 11 is 5.82. The Morgan fingerprint density at radius 1 is 1.10 bits per heavy atom. The molecular weight excluding hydrogens is 288 g/mol. The molecule has 0 radical (unpaired) electrons. The molecule has 2 aromatic rings. The van der Waals surface area contributed by atoms with Crippen LogP contribution in [0.15, 0.2) is 42.5 Å². The van der Waals surface area contributed by atoms with Gasteiger partial charge in [0.1, 0.15) is 5.02 Å². The lowest BCUT2D eigenvalue weighted by Gasteiger charge is -2.17. The van der Waals surface area contributed by atoms with Crippen LogP contribution in [-0.4, -0.2) is 16.9 Å². The van der Waals surface area contributed by atoms with Crippen LogP contribution < -0.4 is 0 Å². The average Bonchev–Trinajstić information content (AvgIpc) is 2.43. The summed E-state index contributed by atoms with van der Waals surface area (Å²) in [6.45, 7) is 3.48. The van der Waals surface area contributed by atoms with Gasteiger partial charge in [-0.15, -0.1) is 0 Å². The zero-order valence-electron chi connectivity index (χ0n) is 12.0. The summed E-state index contributed by atoms with van der Waals surface area (Å²) in [4.78, 5) is 12.5. The first-order chi connectivity index (χ1) is 9.95. The number of nitro groups is 1. The minimum Gasteiger partial charge on any atom is -0.298 e. The molecule has 0 spiro atoms. The SMILES string of the molecule is Cc1ccc(CN(C)Cc2ccc(Cl)c([N+](=O)[O-])c2)cc1. The van der Waals surface area contributed by atoms with Crippen molar-refractivity contribution in [1.29, 1.82) is 0 Å². The molecular formula is C16H17ClN2O2. The standard InChI is InChI=1S/C16H17ClN2O2/c1-12-3-5-13(6-4-12)10-18(2)11-14-7-8-15(17)16(9-14)19(20)21/h3-9H,10-11H2,1-2H3. The highest BCUT2D eigenvalue weighted by Crippen LogP contribution is 2.25. The van der Waals surface area contributed by atoms with E-state index in [1.807, 2.05) is 13.1 Å². The lowest BCUT2D eigenvalue weighted by molar-refractivity contribution is -0.384. The summed E-state index contributed by atoms with van der Waals surface area (Å²) in [6, 6.07) is 13.3. The van der Waals surface area contributed by atoms with Crippen LogP contribution in [0.5, 0.6) is 0 Å². The van der Waals surface area contributed by atoms with Crippen LogP contribution in [0.25, 0.3) is 0 Å². The van der Waals surface area contributed by atoms with Crippen molar-refractivity contribution >= 4 is 17.3 Å². The number of nitrogens with zero attached hydrogens (tertiary/aromatic N) is 2. The van der Waals surface area contributed by atoms with Crippen LogP contribution >= 0.6 is 11.6 Å². The molecule has 0 fully saturated rings. The van der Waals surface area contributed by atoms with Gasteiger partial charge in [-0.25, -0.2) is 0 Å². The van der Waals surface area contributed by atoms with Crippen molar-refractivity contribution in [2.75, 3.05) is 7.05 Å². The molecule has 2 rings (SSSR count). The van der Waals surface area contributed by atoms with Gasteiger partial charge in [0.2, 0.25) is 0 Å². The van der Waals surface area contributed by atoms with Crippen LogP contribution in [0.4, 0.5) is 5.69 Å². The van der Waals surface area contributed by atoms with Gasteiger partial charge in [-0.3, -0.25) is 15.0 Å². The van der Waals surface area contributed by atoms with Gasteiger partial charge in [0, 0.05) is 19.2 Å². The molecule has 0 heterocycles. The topological polar surface area (TPSA) is 46.4 Å². The normalized spacial score (nSPS) is 10.9. The van der Waals surface area contributed by atoms with Gasteiger partial charge in [-0.05, 0) is 31.2 Å². The highest BCUT2D eigenvalue weighted by molar-refractivity contribution is 6.32. The minimum absolute atomic E-state index is 0.0436. The fourth-order valence-electron chi connectivity index (χ4n) is 2.17. The summed E-state index contributed by atoms with van der Waals surface area (Å²) in [5, 5.41) is 11.1. The molecule has 110 valence electrons. The van der Waals surface area contributed by atoms with E-state index in [0.717, 1.165) is 12.1 Å². The molecule has 0 amide bonds. The maximum atomic E-state index is 10.9. The van der Waals surface area contributed by atoms with Crippen molar-refractivity contribution in [3.63, 3.8) is 0 Å². The first kappa shape index (κ1) is 15.5. The molecule has 0 saturated heterocycles. The van der Waals surface area contributed by atoms with Gasteiger partial charge in [-0.1, -0.05) is 47.5 Å². The first-order valence-electron chi connectivity index (χ1n) is 6.62. The second kappa shape index (κ2) is 6.70. The van der Waals surface area contributed by atoms with Gasteiger partial charge < -0.3 is 0 Å². The highest BCUT2D eigenvalue weighted by Gasteiger charge is 2.13. The van der Waals surface area contributed by atoms with Crippen LogP contribution in [0.3, 0.4) is 0 Å². The molecule has 0 aromatic heterocycles. The molecule has 0 bridgehead atoms. The van der Waals surface area contributed by atoms with Crippen LogP contribution in [0, 0.1) is 17.0 Å². The number of hydrogen-bond donors (Lipinski definition) is 0. The highest BCUT2D eigenvalue weighted by atomic mass is 35.5. The van der Waals surface area contributed by atoms with E-state index < -0.39 is 4.92 Å². The molecule has 0 aliphatic carbocycles. The fourth-order valence-corrected chi connectivity index (χ4v) is 2.36. The Bertz CT molecular complexity index is 641. The Morgan fingerprint density at radius 2 is 1.67 bits per heavy atom. The maximum Gasteiger partial charge on any atom is 0.288 e. The van der Waals surface area contributed by atoms with Crippen LogP contribution in [0.2, 0.25) is 5.02 Å². The number of rotatable bonds is 5. The summed E-state index contributed by atoms with van der Waals surface area (Å²) < 4.78 is 0. The quantitative estimate of drug-likeness (QED) is 0.614. The van der Waals surface area contributed by atoms with Crippen molar-refractivity contribution in [2.45, 2.75) is 20.0 Å². The molecule has 0 aliphatic rings. The van der Waals surface area contributed by atoms with Crippen LogP contribution in [0.1, 0.15) is 16.7 Å². The summed E-state index contributed by atoms with van der Waals surface area (Å²) in [6.07, 6.45) is 0. The largest absolute Gasteiger partial charge is 0.298 e. The van der Waals surface area contributed by atoms with Gasteiger partial charge >= 0.3 is 0 Å². The first-order valence-corrected chi connectivity index (χ1v) is 7.00. The smallest absolute Gasteiger partial charge is 0.288 e. The van der Waals surface area contributed by atoms with Gasteiger partial charge in [0.25, 0.3) is 5.69 Å². The third-order valence-corrected chi connectivity index (χ3v) is 3.55. The van der Waals surface area contributed by atoms with Crippen molar-refractivity contribution in [3.8, 4) is 0 Å². The van der Waals surface area contributed by atoms with Crippen molar-refractivity contribution < 1.29 is 4.92 Å². The zero-order valence-corrected chi connectivity index (χ0v) is 12.8. The average molecular weight is 305 g/mol. The van der Waals surface area contributed by atoms with E-state index in [1.54, 1.807) is 6.07 Å². The predicted octanol–water partition coefficient (Wildman–Crippen LogP) is 4.19. The molecule has 21 heavy (non-hydrogen) atoms. The third kappa shape index (κ3) is 4.28. The van der Waals surface area contributed by atoms with E-state index >= 15 is 0 Å². The molecule has 0 atom stereocenters. The maximum absolute atomic E-state index is 10.9. The van der Waals surface area contributed by atoms with Crippen LogP contribution in [-0.2, 0) is 13.1 Å². The molecule has 0 aliphatic heterocycles. The van der Waals surface area contributed by atoms with E-state index in [9.17, 15) is 10.1 Å². The second-order valence-corrected chi connectivity index (χ2v) is 5.61. The van der Waals surface area contributed by atoms with E-state index in [-0.39, 0.29) is 10.7 Å². The van der Waals surface area contributed by atoms with E-state index in [4.69, 9.17) is 11.6 Å². The molecule has 5 heteroatoms. The van der Waals surface area contributed by atoms with Gasteiger partial charge in [0.05, 0.1) is 4.92 Å². The van der Waals surface area contributed by atoms with E-state index in [2.05, 4.69) is 36.1 Å². The van der Waals surface area contributed by atoms with Crippen molar-refractivity contribution in [2.24, 2.45) is 0 Å². The fraction of sp³-hybridized carbons (Fsp3) is 0.250. The Hall–Kier alpha value is -1.91. The van der Waals surface area contributed by atoms with Gasteiger partial charge in [0.15, 0.2) is 0 Å². The summed E-state index contributed by atoms with van der Waals surface area (Å²) in [7, 11) is 1.99. The lowest BCUT2D eigenvalue weighted by Crippen LogP contribution is -2.17. The number of halogens is 1. The van der Waals surface area contributed by atoms with Gasteiger partial charge in [-0.2, -0.15) is 0 Å². The Morgan fingerprint density at radius 3 is 2.29 bits per heavy atom. The summed E-state index contributed by atoms with van der Waals surface area (Å²) in [5.74, 6) is 0. The third-order valence-electron chi connectivity index (χ3n) is 3.23. The summed E-state index contributed by atoms with van der Waals surface area (Å²) in [5.41, 5.74) is 3.28. The number of nitro benzene ring substituents is 1. The monoisotopic (exact) mass is 304 g/mol. The minimum atomic E-state index is -0.453. The molecule has 4 nitrogen and oxygen atoms in total. The van der Waals surface area contributed by atoms with Crippen molar-refractivity contribution in [3.05, 3.63) is 74.3 Å². The van der Waals surface area contributed by atoms with Crippen molar-refractivity contribution in [1.82, 2.24) is 4.90 Å². The molecule has 0 saturated carbocycles. The molecule has 0 unspecified atom stereocenters. The molecule has 0 N–H and O–H groups in total. The predicted molar refractivity (Wildman–Crippen MR) is 84.5 cm³/mol. The number of benzene rings is 2. The number of hydrogen-bond acceptors (Lipinski definition) is 3. The zero-order chi connectivity index (χ0) is 15.4. The van der Waals surface area contributed by atoms with E-state index in [1.165, 1.54) is 17.2 Å². The Labute approximate surface area is 129 Å².